The maximum Gasteiger partial charge on any atom is 0.200 e. The molecule has 0 radical (unpaired) electrons. The number of carbonyl (C=O) groups is 3. The van der Waals surface area contributed by atoms with E-state index in [9.17, 15) is 34.8 Å². The van der Waals surface area contributed by atoms with Gasteiger partial charge in [0.25, 0.3) is 0 Å². The molecule has 40 heavy (non-hydrogen) atoms. The maximum atomic E-state index is 13.8. The second kappa shape index (κ2) is 10.2. The van der Waals surface area contributed by atoms with Crippen LogP contribution in [0.5, 0.6) is 11.5 Å². The van der Waals surface area contributed by atoms with Gasteiger partial charge in [0.2, 0.25) is 0 Å². The number of rotatable bonds is 6. The fourth-order valence-corrected chi connectivity index (χ4v) is 5.98. The third-order valence-electron chi connectivity index (χ3n) is 8.54. The number of aliphatic hydroxyl groups is 2. The Morgan fingerprint density at radius 2 is 1.85 bits per heavy atom. The molecule has 0 amide bonds. The van der Waals surface area contributed by atoms with E-state index < -0.39 is 64.4 Å². The lowest BCUT2D eigenvalue weighted by molar-refractivity contribution is -0.236. The monoisotopic (exact) mass is 554 g/mol. The topological polar surface area (TPSA) is 189 Å². The third kappa shape index (κ3) is 4.38. The van der Waals surface area contributed by atoms with Gasteiger partial charge < -0.3 is 41.0 Å². The molecule has 214 valence electrons. The average Bonchev–Trinajstić information content (AvgIpc) is 2.90. The van der Waals surface area contributed by atoms with Crippen molar-refractivity contribution in [2.45, 2.75) is 70.2 Å². The van der Waals surface area contributed by atoms with Crippen LogP contribution >= 0.6 is 0 Å². The molecule has 1 aliphatic heterocycles. The summed E-state index contributed by atoms with van der Waals surface area (Å²) in [5.41, 5.74) is 3.77. The highest BCUT2D eigenvalue weighted by Crippen LogP contribution is 2.52. The molecule has 2 aliphatic carbocycles. The van der Waals surface area contributed by atoms with Gasteiger partial charge in [-0.25, -0.2) is 0 Å². The normalized spacial score (nSPS) is 29.4. The van der Waals surface area contributed by atoms with Crippen LogP contribution in [0.15, 0.2) is 18.2 Å². The molecule has 2 aromatic carbocycles. The summed E-state index contributed by atoms with van der Waals surface area (Å²) >= 11 is 0. The predicted molar refractivity (Wildman–Crippen MR) is 143 cm³/mol. The Kier molecular flexibility index (Phi) is 7.22. The number of phenols is 2. The largest absolute Gasteiger partial charge is 0.507 e. The Hall–Kier alpha value is -3.35. The van der Waals surface area contributed by atoms with Gasteiger partial charge in [0.05, 0.1) is 35.5 Å². The van der Waals surface area contributed by atoms with E-state index in [0.29, 0.717) is 12.1 Å². The van der Waals surface area contributed by atoms with Crippen molar-refractivity contribution < 1.29 is 44.3 Å². The SMILES string of the molecule is CC(=O)C1(O)Cc2c(O)c3c(c(O)c2C(OC2CC(N)C(C)C(C)O2)C1)C(=O)c1c(NCCO)cccc1C3=O. The highest BCUT2D eigenvalue weighted by atomic mass is 16.7. The number of hydrogen-bond acceptors (Lipinski definition) is 11. The van der Waals surface area contributed by atoms with E-state index in [2.05, 4.69) is 5.32 Å². The van der Waals surface area contributed by atoms with Crippen LogP contribution in [-0.2, 0) is 20.7 Å². The molecule has 0 saturated carbocycles. The van der Waals surface area contributed by atoms with Gasteiger partial charge in [-0.15, -0.1) is 0 Å². The lowest BCUT2D eigenvalue weighted by atomic mass is 9.72. The van der Waals surface area contributed by atoms with E-state index in [4.69, 9.17) is 15.2 Å². The van der Waals surface area contributed by atoms with E-state index >= 15 is 0 Å². The molecule has 11 nitrogen and oxygen atoms in total. The van der Waals surface area contributed by atoms with Crippen LogP contribution < -0.4 is 11.1 Å². The van der Waals surface area contributed by atoms with E-state index in [-0.39, 0.29) is 59.9 Å². The lowest BCUT2D eigenvalue weighted by Crippen LogP contribution is -2.49. The van der Waals surface area contributed by atoms with Crippen molar-refractivity contribution in [2.24, 2.45) is 11.7 Å². The second-order valence-corrected chi connectivity index (χ2v) is 11.0. The van der Waals surface area contributed by atoms with Crippen LogP contribution in [0.3, 0.4) is 0 Å². The van der Waals surface area contributed by atoms with Crippen molar-refractivity contribution in [3.05, 3.63) is 51.6 Å². The fraction of sp³-hybridized carbons (Fsp3) is 0.483. The van der Waals surface area contributed by atoms with Crippen molar-refractivity contribution >= 4 is 23.0 Å². The number of fused-ring (bicyclic) bond motifs is 3. The molecule has 0 bridgehead atoms. The molecule has 1 heterocycles. The van der Waals surface area contributed by atoms with Crippen LogP contribution in [0.1, 0.15) is 82.7 Å². The van der Waals surface area contributed by atoms with Gasteiger partial charge in [0, 0.05) is 54.2 Å². The standard InChI is InChI=1S/C29H34N2O9/c1-12-13(2)39-20(9-17(12)30)40-19-11-29(38,14(3)33)10-16-22(19)28(37)24-23(26(16)35)25(34)15-5-4-6-18(31-7-8-32)21(15)27(24)36/h4-6,12-13,17,19-20,31-32,35,37-38H,7-11,30H2,1-3H3. The molecule has 6 atom stereocenters. The van der Waals surface area contributed by atoms with Crippen LogP contribution in [-0.4, -0.2) is 75.0 Å². The molecule has 2 aromatic rings. The molecule has 0 spiro atoms. The van der Waals surface area contributed by atoms with Crippen molar-refractivity contribution in [1.82, 2.24) is 0 Å². The zero-order valence-corrected chi connectivity index (χ0v) is 22.6. The van der Waals surface area contributed by atoms with E-state index in [1.54, 1.807) is 12.1 Å². The Labute approximate surface area is 230 Å². The van der Waals surface area contributed by atoms with Gasteiger partial charge in [0.1, 0.15) is 17.1 Å². The number of Topliss-reactive ketones (excluding diaryl/α,β-unsaturated/α-hetero) is 1. The number of benzene rings is 2. The zero-order valence-electron chi connectivity index (χ0n) is 22.6. The number of nitrogens with two attached hydrogens (primary N) is 1. The number of ketones is 3. The van der Waals surface area contributed by atoms with E-state index in [0.717, 1.165) is 0 Å². The number of hydrogen-bond donors (Lipinski definition) is 6. The summed E-state index contributed by atoms with van der Waals surface area (Å²) in [5, 5.41) is 46.5. The summed E-state index contributed by atoms with van der Waals surface area (Å²) in [7, 11) is 0. The number of carbonyl (C=O) groups excluding carboxylic acids is 3. The molecule has 6 unspecified atom stereocenters. The summed E-state index contributed by atoms with van der Waals surface area (Å²) in [6, 6.07) is 4.31. The molecule has 5 rings (SSSR count). The minimum atomic E-state index is -1.97. The van der Waals surface area contributed by atoms with Crippen LogP contribution in [0.25, 0.3) is 0 Å². The van der Waals surface area contributed by atoms with Gasteiger partial charge in [-0.2, -0.15) is 0 Å². The van der Waals surface area contributed by atoms with Crippen LogP contribution in [0.2, 0.25) is 0 Å². The number of ether oxygens (including phenoxy) is 2. The Morgan fingerprint density at radius 1 is 1.15 bits per heavy atom. The number of anilines is 1. The van der Waals surface area contributed by atoms with Crippen molar-refractivity contribution in [3.63, 3.8) is 0 Å². The molecule has 1 saturated heterocycles. The molecule has 0 aromatic heterocycles. The molecule has 7 N–H and O–H groups in total. The minimum absolute atomic E-state index is 0.000943. The third-order valence-corrected chi connectivity index (χ3v) is 8.54. The highest BCUT2D eigenvalue weighted by molar-refractivity contribution is 6.32. The van der Waals surface area contributed by atoms with Crippen molar-refractivity contribution in [3.8, 4) is 11.5 Å². The van der Waals surface area contributed by atoms with E-state index in [1.165, 1.54) is 13.0 Å². The first-order valence-electron chi connectivity index (χ1n) is 13.4. The molecule has 1 fully saturated rings. The van der Waals surface area contributed by atoms with E-state index in [1.807, 2.05) is 13.8 Å². The van der Waals surface area contributed by atoms with Crippen LogP contribution in [0.4, 0.5) is 5.69 Å². The quantitative estimate of drug-likeness (QED) is 0.243. The minimum Gasteiger partial charge on any atom is -0.507 e. The fourth-order valence-electron chi connectivity index (χ4n) is 5.98. The Morgan fingerprint density at radius 3 is 2.50 bits per heavy atom. The zero-order chi connectivity index (χ0) is 29.1. The van der Waals surface area contributed by atoms with Crippen LogP contribution in [0, 0.1) is 5.92 Å². The summed E-state index contributed by atoms with van der Waals surface area (Å²) in [6.07, 6.45) is -2.64. The highest BCUT2D eigenvalue weighted by Gasteiger charge is 2.49. The maximum absolute atomic E-state index is 13.8. The number of phenolic OH excluding ortho intramolecular Hbond substituents is 2. The van der Waals surface area contributed by atoms with Gasteiger partial charge in [0.15, 0.2) is 23.6 Å². The summed E-state index contributed by atoms with van der Waals surface area (Å²) in [6.45, 7) is 4.91. The first-order chi connectivity index (χ1) is 18.9. The summed E-state index contributed by atoms with van der Waals surface area (Å²) in [4.78, 5) is 40.0. The predicted octanol–water partition coefficient (Wildman–Crippen LogP) is 1.70. The molecule has 3 aliphatic rings. The van der Waals surface area contributed by atoms with Gasteiger partial charge in [-0.3, -0.25) is 14.4 Å². The van der Waals surface area contributed by atoms with Gasteiger partial charge in [-0.1, -0.05) is 19.1 Å². The smallest absolute Gasteiger partial charge is 0.200 e. The summed E-state index contributed by atoms with van der Waals surface area (Å²) < 4.78 is 12.2. The molecular formula is C29H34N2O9. The molecule has 11 heteroatoms. The van der Waals surface area contributed by atoms with Crippen molar-refractivity contribution in [1.29, 1.82) is 0 Å². The van der Waals surface area contributed by atoms with Gasteiger partial charge >= 0.3 is 0 Å². The molecular weight excluding hydrogens is 520 g/mol. The average molecular weight is 555 g/mol. The lowest BCUT2D eigenvalue weighted by Gasteiger charge is -2.42. The van der Waals surface area contributed by atoms with Crippen molar-refractivity contribution in [2.75, 3.05) is 18.5 Å². The first kappa shape index (κ1) is 28.2. The Bertz CT molecular complexity index is 1390. The summed E-state index contributed by atoms with van der Waals surface area (Å²) in [5.74, 6) is -3.11. The number of aromatic hydroxyl groups is 2. The second-order valence-electron chi connectivity index (χ2n) is 11.0. The number of nitrogens with one attached hydrogen (secondary N) is 1. The number of aliphatic hydroxyl groups excluding tert-OH is 1. The van der Waals surface area contributed by atoms with Gasteiger partial charge in [-0.05, 0) is 25.8 Å². The Balaban J connectivity index is 1.66. The first-order valence-corrected chi connectivity index (χ1v) is 13.4.